The highest BCUT2D eigenvalue weighted by Crippen LogP contribution is 2.40. The molecule has 0 aliphatic heterocycles. The Morgan fingerprint density at radius 2 is 1.55 bits per heavy atom. The summed E-state index contributed by atoms with van der Waals surface area (Å²) in [4.78, 5) is 2.60. The van der Waals surface area contributed by atoms with E-state index in [1.807, 2.05) is 12.1 Å². The third-order valence-electron chi connectivity index (χ3n) is 6.42. The second kappa shape index (κ2) is 11.0. The SMILES string of the molecule is C=CCN(C(c1ccccc1)c1ccccc1)[C@H]1CCCC=C1c1ccc(OC)c(OC)c1. The van der Waals surface area contributed by atoms with Crippen LogP contribution in [0.1, 0.15) is 42.0 Å². The molecule has 0 N–H and O–H groups in total. The van der Waals surface area contributed by atoms with E-state index in [0.717, 1.165) is 30.9 Å². The van der Waals surface area contributed by atoms with Gasteiger partial charge in [0.2, 0.25) is 0 Å². The average molecular weight is 440 g/mol. The molecule has 0 heterocycles. The summed E-state index contributed by atoms with van der Waals surface area (Å²) in [6.45, 7) is 4.91. The van der Waals surface area contributed by atoms with Crippen LogP contribution in [-0.2, 0) is 0 Å². The fourth-order valence-corrected chi connectivity index (χ4v) is 4.94. The van der Waals surface area contributed by atoms with Crippen molar-refractivity contribution in [1.82, 2.24) is 4.90 Å². The molecule has 0 saturated heterocycles. The van der Waals surface area contributed by atoms with Gasteiger partial charge in [-0.05, 0) is 53.7 Å². The van der Waals surface area contributed by atoms with E-state index in [1.54, 1.807) is 14.2 Å². The number of hydrogen-bond donors (Lipinski definition) is 0. The largest absolute Gasteiger partial charge is 0.493 e. The van der Waals surface area contributed by atoms with Gasteiger partial charge in [0.15, 0.2) is 11.5 Å². The molecule has 0 amide bonds. The summed E-state index contributed by atoms with van der Waals surface area (Å²) < 4.78 is 11.1. The topological polar surface area (TPSA) is 21.7 Å². The van der Waals surface area contributed by atoms with Gasteiger partial charge in [-0.25, -0.2) is 0 Å². The fraction of sp³-hybridized carbons (Fsp3) is 0.267. The zero-order chi connectivity index (χ0) is 23.0. The van der Waals surface area contributed by atoms with Gasteiger partial charge in [0.05, 0.1) is 20.3 Å². The molecule has 1 atom stereocenters. The zero-order valence-electron chi connectivity index (χ0n) is 19.6. The predicted molar refractivity (Wildman–Crippen MR) is 137 cm³/mol. The van der Waals surface area contributed by atoms with E-state index in [-0.39, 0.29) is 12.1 Å². The van der Waals surface area contributed by atoms with Crippen molar-refractivity contribution in [3.63, 3.8) is 0 Å². The molecule has 0 unspecified atom stereocenters. The number of rotatable bonds is 9. The first-order chi connectivity index (χ1) is 16.3. The van der Waals surface area contributed by atoms with Gasteiger partial charge in [-0.3, -0.25) is 4.90 Å². The fourth-order valence-electron chi connectivity index (χ4n) is 4.94. The monoisotopic (exact) mass is 439 g/mol. The lowest BCUT2D eigenvalue weighted by molar-refractivity contribution is 0.199. The van der Waals surface area contributed by atoms with Crippen molar-refractivity contribution in [2.75, 3.05) is 20.8 Å². The van der Waals surface area contributed by atoms with Gasteiger partial charge in [-0.15, -0.1) is 6.58 Å². The molecule has 33 heavy (non-hydrogen) atoms. The van der Waals surface area contributed by atoms with Crippen LogP contribution >= 0.6 is 0 Å². The molecule has 0 radical (unpaired) electrons. The lowest BCUT2D eigenvalue weighted by Gasteiger charge is -2.41. The van der Waals surface area contributed by atoms with Crippen LogP contribution in [0.4, 0.5) is 0 Å². The van der Waals surface area contributed by atoms with Crippen molar-refractivity contribution >= 4 is 5.57 Å². The molecule has 4 rings (SSSR count). The Labute approximate surface area is 198 Å². The van der Waals surface area contributed by atoms with Gasteiger partial charge in [0, 0.05) is 12.6 Å². The number of hydrogen-bond acceptors (Lipinski definition) is 3. The summed E-state index contributed by atoms with van der Waals surface area (Å²) in [5.41, 5.74) is 5.12. The molecular weight excluding hydrogens is 406 g/mol. The maximum absolute atomic E-state index is 5.62. The average Bonchev–Trinajstić information content (AvgIpc) is 2.89. The van der Waals surface area contributed by atoms with Crippen molar-refractivity contribution < 1.29 is 9.47 Å². The maximum Gasteiger partial charge on any atom is 0.161 e. The van der Waals surface area contributed by atoms with E-state index in [1.165, 1.54) is 28.7 Å². The van der Waals surface area contributed by atoms with E-state index in [0.29, 0.717) is 0 Å². The highest BCUT2D eigenvalue weighted by atomic mass is 16.5. The van der Waals surface area contributed by atoms with E-state index >= 15 is 0 Å². The Kier molecular flexibility index (Phi) is 7.64. The van der Waals surface area contributed by atoms with E-state index in [4.69, 9.17) is 9.47 Å². The highest BCUT2D eigenvalue weighted by molar-refractivity contribution is 5.72. The molecule has 0 fully saturated rings. The molecule has 0 bridgehead atoms. The number of benzene rings is 3. The molecule has 1 aliphatic rings. The Bertz CT molecular complexity index is 1040. The molecule has 170 valence electrons. The number of methoxy groups -OCH3 is 2. The quantitative estimate of drug-likeness (QED) is 0.338. The molecule has 3 aromatic rings. The molecule has 3 aromatic carbocycles. The minimum absolute atomic E-state index is 0.136. The Morgan fingerprint density at radius 3 is 2.12 bits per heavy atom. The third kappa shape index (κ3) is 5.04. The zero-order valence-corrected chi connectivity index (χ0v) is 19.6. The van der Waals surface area contributed by atoms with Crippen LogP contribution in [0, 0.1) is 0 Å². The van der Waals surface area contributed by atoms with Crippen LogP contribution in [0.25, 0.3) is 5.57 Å². The number of ether oxygens (including phenoxy) is 2. The second-order valence-electron chi connectivity index (χ2n) is 8.39. The molecular formula is C30H33NO2. The van der Waals surface area contributed by atoms with Crippen molar-refractivity contribution in [1.29, 1.82) is 0 Å². The van der Waals surface area contributed by atoms with Gasteiger partial charge in [0.1, 0.15) is 0 Å². The first-order valence-electron chi connectivity index (χ1n) is 11.7. The van der Waals surface area contributed by atoms with Crippen LogP contribution in [0.3, 0.4) is 0 Å². The molecule has 3 heteroatoms. The van der Waals surface area contributed by atoms with Gasteiger partial charge in [0.25, 0.3) is 0 Å². The minimum Gasteiger partial charge on any atom is -0.493 e. The first kappa shape index (κ1) is 22.9. The minimum atomic E-state index is 0.136. The lowest BCUT2D eigenvalue weighted by Crippen LogP contribution is -2.41. The summed E-state index contributed by atoms with van der Waals surface area (Å²) in [6.07, 6.45) is 7.79. The standard InChI is InChI=1S/C30H33NO2/c1-4-21-31(30(23-13-7-5-8-14-23)24-15-9-6-10-16-24)27-18-12-11-17-26(27)25-19-20-28(32-2)29(22-25)33-3/h4-10,13-17,19-20,22,27,30H,1,11-12,18,21H2,2-3H3/t27-/m0/s1. The second-order valence-corrected chi connectivity index (χ2v) is 8.39. The number of nitrogens with zero attached hydrogens (tertiary/aromatic N) is 1. The van der Waals surface area contributed by atoms with Gasteiger partial charge in [-0.2, -0.15) is 0 Å². The summed E-state index contributed by atoms with van der Waals surface area (Å²) >= 11 is 0. The third-order valence-corrected chi connectivity index (χ3v) is 6.42. The Hall–Kier alpha value is -3.30. The summed E-state index contributed by atoms with van der Waals surface area (Å²) in [6, 6.07) is 28.3. The summed E-state index contributed by atoms with van der Waals surface area (Å²) in [5.74, 6) is 1.52. The molecule has 3 nitrogen and oxygen atoms in total. The Morgan fingerprint density at radius 1 is 0.909 bits per heavy atom. The normalized spacial score (nSPS) is 15.9. The van der Waals surface area contributed by atoms with Crippen molar-refractivity contribution in [2.24, 2.45) is 0 Å². The molecule has 0 saturated carbocycles. The van der Waals surface area contributed by atoms with Crippen LogP contribution < -0.4 is 9.47 Å². The van der Waals surface area contributed by atoms with Crippen molar-refractivity contribution in [3.05, 3.63) is 114 Å². The van der Waals surface area contributed by atoms with Gasteiger partial charge >= 0.3 is 0 Å². The van der Waals surface area contributed by atoms with Crippen molar-refractivity contribution in [2.45, 2.75) is 31.3 Å². The number of allylic oxidation sites excluding steroid dienone is 1. The van der Waals surface area contributed by atoms with E-state index in [9.17, 15) is 0 Å². The highest BCUT2D eigenvalue weighted by Gasteiger charge is 2.32. The van der Waals surface area contributed by atoms with Crippen LogP contribution in [0.15, 0.2) is 97.6 Å². The lowest BCUT2D eigenvalue weighted by atomic mass is 9.85. The molecule has 1 aliphatic carbocycles. The Balaban J connectivity index is 1.80. The van der Waals surface area contributed by atoms with Gasteiger partial charge in [-0.1, -0.05) is 78.9 Å². The van der Waals surface area contributed by atoms with Crippen LogP contribution in [0.5, 0.6) is 11.5 Å². The smallest absolute Gasteiger partial charge is 0.161 e. The van der Waals surface area contributed by atoms with Crippen LogP contribution in [0.2, 0.25) is 0 Å². The van der Waals surface area contributed by atoms with Gasteiger partial charge < -0.3 is 9.47 Å². The summed E-state index contributed by atoms with van der Waals surface area (Å²) in [7, 11) is 3.37. The van der Waals surface area contributed by atoms with Crippen LogP contribution in [-0.4, -0.2) is 31.7 Å². The maximum atomic E-state index is 5.62. The molecule has 0 aromatic heterocycles. The first-order valence-corrected chi connectivity index (χ1v) is 11.7. The molecule has 0 spiro atoms. The van der Waals surface area contributed by atoms with E-state index in [2.05, 4.69) is 90.4 Å². The van der Waals surface area contributed by atoms with E-state index < -0.39 is 0 Å². The predicted octanol–water partition coefficient (Wildman–Crippen LogP) is 6.92. The summed E-state index contributed by atoms with van der Waals surface area (Å²) in [5, 5.41) is 0. The van der Waals surface area contributed by atoms with Crippen molar-refractivity contribution in [3.8, 4) is 11.5 Å².